The smallest absolute Gasteiger partial charge is 0.327 e. The van der Waals surface area contributed by atoms with E-state index in [9.17, 15) is 13.2 Å². The lowest BCUT2D eigenvalue weighted by Crippen LogP contribution is -2.25. The molecule has 5 heteroatoms. The molecule has 0 heterocycles. The Kier molecular flexibility index (Phi) is 4.91. The third kappa shape index (κ3) is 4.76. The molecule has 0 fully saturated rings. The molecule has 0 saturated heterocycles. The number of alkyl halides is 3. The van der Waals surface area contributed by atoms with E-state index in [2.05, 4.69) is 0 Å². The lowest BCUT2D eigenvalue weighted by atomic mass is 9.98. The standard InChI is InChI=1S/C16H15ClF3N/c17-14-6-4-11(5-7-14)9-15(21)10-12-2-1-3-13(8-12)16(18,19)20/h1-8,15H,9-10,21H2. The molecule has 2 N–H and O–H groups in total. The van der Waals surface area contributed by atoms with Gasteiger partial charge in [0, 0.05) is 11.1 Å². The fraction of sp³-hybridized carbons (Fsp3) is 0.250. The van der Waals surface area contributed by atoms with Gasteiger partial charge in [-0.15, -0.1) is 0 Å². The van der Waals surface area contributed by atoms with Crippen LogP contribution in [0.3, 0.4) is 0 Å². The molecule has 0 aliphatic carbocycles. The molecule has 2 aromatic carbocycles. The summed E-state index contributed by atoms with van der Waals surface area (Å²) < 4.78 is 37.9. The second kappa shape index (κ2) is 6.50. The highest BCUT2D eigenvalue weighted by atomic mass is 35.5. The van der Waals surface area contributed by atoms with E-state index in [0.29, 0.717) is 23.4 Å². The zero-order chi connectivity index (χ0) is 15.5. The minimum Gasteiger partial charge on any atom is -0.327 e. The molecular weight excluding hydrogens is 299 g/mol. The molecular formula is C16H15ClF3N. The van der Waals surface area contributed by atoms with Crippen LogP contribution in [0, 0.1) is 0 Å². The maximum Gasteiger partial charge on any atom is 0.416 e. The van der Waals surface area contributed by atoms with E-state index in [1.54, 1.807) is 18.2 Å². The highest BCUT2D eigenvalue weighted by Crippen LogP contribution is 2.29. The molecule has 2 rings (SSSR count). The summed E-state index contributed by atoms with van der Waals surface area (Å²) in [6, 6.07) is 12.3. The van der Waals surface area contributed by atoms with Crippen LogP contribution < -0.4 is 5.73 Å². The second-order valence-corrected chi connectivity index (χ2v) is 5.43. The van der Waals surface area contributed by atoms with Crippen LogP contribution in [-0.2, 0) is 19.0 Å². The van der Waals surface area contributed by atoms with Crippen molar-refractivity contribution in [2.45, 2.75) is 25.1 Å². The van der Waals surface area contributed by atoms with Crippen LogP contribution in [0.5, 0.6) is 0 Å². The van der Waals surface area contributed by atoms with Gasteiger partial charge in [0.05, 0.1) is 5.56 Å². The fourth-order valence-corrected chi connectivity index (χ4v) is 2.30. The van der Waals surface area contributed by atoms with Crippen LogP contribution >= 0.6 is 11.6 Å². The average Bonchev–Trinajstić information content (AvgIpc) is 2.41. The summed E-state index contributed by atoms with van der Waals surface area (Å²) >= 11 is 5.80. The Balaban J connectivity index is 2.02. The predicted molar refractivity (Wildman–Crippen MR) is 78.3 cm³/mol. The Morgan fingerprint density at radius 2 is 1.57 bits per heavy atom. The fourth-order valence-electron chi connectivity index (χ4n) is 2.17. The van der Waals surface area contributed by atoms with E-state index in [-0.39, 0.29) is 6.04 Å². The van der Waals surface area contributed by atoms with Crippen molar-refractivity contribution in [2.75, 3.05) is 0 Å². The molecule has 0 aliphatic rings. The van der Waals surface area contributed by atoms with E-state index >= 15 is 0 Å². The molecule has 21 heavy (non-hydrogen) atoms. The molecule has 2 aromatic rings. The Hall–Kier alpha value is -1.52. The Morgan fingerprint density at radius 1 is 0.952 bits per heavy atom. The second-order valence-electron chi connectivity index (χ2n) is 4.99. The molecule has 112 valence electrons. The molecule has 0 aliphatic heterocycles. The summed E-state index contributed by atoms with van der Waals surface area (Å²) in [7, 11) is 0. The molecule has 1 unspecified atom stereocenters. The quantitative estimate of drug-likeness (QED) is 0.885. The van der Waals surface area contributed by atoms with E-state index in [0.717, 1.165) is 17.7 Å². The monoisotopic (exact) mass is 313 g/mol. The zero-order valence-electron chi connectivity index (χ0n) is 11.2. The summed E-state index contributed by atoms with van der Waals surface area (Å²) in [5.41, 5.74) is 6.98. The van der Waals surface area contributed by atoms with E-state index in [4.69, 9.17) is 17.3 Å². The van der Waals surface area contributed by atoms with Gasteiger partial charge < -0.3 is 5.73 Å². The van der Waals surface area contributed by atoms with Gasteiger partial charge >= 0.3 is 6.18 Å². The molecule has 0 amide bonds. The first-order valence-corrected chi connectivity index (χ1v) is 6.88. The first-order valence-electron chi connectivity index (χ1n) is 6.51. The molecule has 0 spiro atoms. The van der Waals surface area contributed by atoms with E-state index in [1.807, 2.05) is 12.1 Å². The lowest BCUT2D eigenvalue weighted by Gasteiger charge is -2.13. The summed E-state index contributed by atoms with van der Waals surface area (Å²) in [6.07, 6.45) is -3.34. The van der Waals surface area contributed by atoms with Gasteiger partial charge in [-0.3, -0.25) is 0 Å². The number of nitrogens with two attached hydrogens (primary N) is 1. The maximum absolute atomic E-state index is 12.6. The molecule has 0 bridgehead atoms. The van der Waals surface area contributed by atoms with E-state index in [1.165, 1.54) is 6.07 Å². The molecule has 1 atom stereocenters. The third-order valence-corrected chi connectivity index (χ3v) is 3.42. The van der Waals surface area contributed by atoms with Crippen molar-refractivity contribution in [1.29, 1.82) is 0 Å². The Bertz CT molecular complexity index is 593. The summed E-state index contributed by atoms with van der Waals surface area (Å²) in [5.74, 6) is 0. The largest absolute Gasteiger partial charge is 0.416 e. The number of rotatable bonds is 4. The van der Waals surface area contributed by atoms with Gasteiger partial charge in [-0.05, 0) is 42.2 Å². The van der Waals surface area contributed by atoms with Crippen LogP contribution in [-0.4, -0.2) is 6.04 Å². The van der Waals surface area contributed by atoms with Gasteiger partial charge in [0.15, 0.2) is 0 Å². The van der Waals surface area contributed by atoms with Crippen LogP contribution in [0.1, 0.15) is 16.7 Å². The predicted octanol–water partition coefficient (Wildman–Crippen LogP) is 4.47. The highest BCUT2D eigenvalue weighted by Gasteiger charge is 2.30. The lowest BCUT2D eigenvalue weighted by molar-refractivity contribution is -0.137. The highest BCUT2D eigenvalue weighted by molar-refractivity contribution is 6.30. The SMILES string of the molecule is NC(Cc1ccc(Cl)cc1)Cc1cccc(C(F)(F)F)c1. The topological polar surface area (TPSA) is 26.0 Å². The minimum absolute atomic E-state index is 0.241. The van der Waals surface area contributed by atoms with Gasteiger partial charge in [0.25, 0.3) is 0 Å². The zero-order valence-corrected chi connectivity index (χ0v) is 12.0. The molecule has 1 nitrogen and oxygen atoms in total. The Morgan fingerprint density at radius 3 is 2.19 bits per heavy atom. The molecule has 0 aromatic heterocycles. The summed E-state index contributed by atoms with van der Waals surface area (Å²) in [6.45, 7) is 0. The van der Waals surface area contributed by atoms with Crippen molar-refractivity contribution in [3.05, 3.63) is 70.2 Å². The van der Waals surface area contributed by atoms with Crippen molar-refractivity contribution >= 4 is 11.6 Å². The van der Waals surface area contributed by atoms with E-state index < -0.39 is 11.7 Å². The van der Waals surface area contributed by atoms with Crippen LogP contribution in [0.2, 0.25) is 5.02 Å². The van der Waals surface area contributed by atoms with Crippen molar-refractivity contribution < 1.29 is 13.2 Å². The van der Waals surface area contributed by atoms with Gasteiger partial charge in [-0.25, -0.2) is 0 Å². The van der Waals surface area contributed by atoms with Crippen LogP contribution in [0.15, 0.2) is 48.5 Å². The number of hydrogen-bond donors (Lipinski definition) is 1. The maximum atomic E-state index is 12.6. The first-order chi connectivity index (χ1) is 9.84. The Labute approximate surface area is 126 Å². The summed E-state index contributed by atoms with van der Waals surface area (Å²) in [5, 5.41) is 0.644. The van der Waals surface area contributed by atoms with Crippen molar-refractivity contribution in [1.82, 2.24) is 0 Å². The van der Waals surface area contributed by atoms with Crippen molar-refractivity contribution in [3.8, 4) is 0 Å². The van der Waals surface area contributed by atoms with Gasteiger partial charge in [0.1, 0.15) is 0 Å². The third-order valence-electron chi connectivity index (χ3n) is 3.16. The molecule has 0 radical (unpaired) electrons. The van der Waals surface area contributed by atoms with Gasteiger partial charge in [-0.1, -0.05) is 41.9 Å². The van der Waals surface area contributed by atoms with Gasteiger partial charge in [0.2, 0.25) is 0 Å². The van der Waals surface area contributed by atoms with Crippen LogP contribution in [0.25, 0.3) is 0 Å². The number of hydrogen-bond acceptors (Lipinski definition) is 1. The van der Waals surface area contributed by atoms with Crippen molar-refractivity contribution in [3.63, 3.8) is 0 Å². The summed E-state index contributed by atoms with van der Waals surface area (Å²) in [4.78, 5) is 0. The van der Waals surface area contributed by atoms with Crippen LogP contribution in [0.4, 0.5) is 13.2 Å². The molecule has 0 saturated carbocycles. The minimum atomic E-state index is -4.32. The normalized spacial score (nSPS) is 13.2. The van der Waals surface area contributed by atoms with Gasteiger partial charge in [-0.2, -0.15) is 13.2 Å². The number of halogens is 4. The first kappa shape index (κ1) is 15.9. The number of benzene rings is 2. The van der Waals surface area contributed by atoms with Crippen molar-refractivity contribution in [2.24, 2.45) is 5.73 Å². The average molecular weight is 314 g/mol.